The molecule has 0 aromatic heterocycles. The predicted molar refractivity (Wildman–Crippen MR) is 47.4 cm³/mol. The minimum atomic E-state index is -1.37. The van der Waals surface area contributed by atoms with Crippen molar-refractivity contribution in [2.45, 2.75) is 25.7 Å². The van der Waals surface area contributed by atoms with Gasteiger partial charge in [-0.25, -0.2) is 0 Å². The summed E-state index contributed by atoms with van der Waals surface area (Å²) < 4.78 is 0. The molecule has 0 aromatic carbocycles. The molecular formula is C8H12Na2O9. The molecule has 0 aliphatic heterocycles. The quantitative estimate of drug-likeness (QED) is 0.452. The molecule has 0 saturated carbocycles. The van der Waals surface area contributed by atoms with Crippen LogP contribution >= 0.6 is 0 Å². The summed E-state index contributed by atoms with van der Waals surface area (Å²) in [5.41, 5.74) is 0. The number of carbonyl (C=O) groups is 4. The summed E-state index contributed by atoms with van der Waals surface area (Å²) in [5.74, 6) is -4.89. The van der Waals surface area contributed by atoms with Crippen LogP contribution in [0.2, 0.25) is 0 Å². The second kappa shape index (κ2) is 20.2. The molecule has 0 amide bonds. The SMILES string of the molecule is O.O=C(O)CCC(=O)O.O=C([O-])CCC(=O)[O-].[Na+].[Na+]. The van der Waals surface area contributed by atoms with Crippen molar-refractivity contribution in [2.75, 3.05) is 0 Å². The fourth-order valence-corrected chi connectivity index (χ4v) is 0.418. The molecule has 0 radical (unpaired) electrons. The Morgan fingerprint density at radius 1 is 0.684 bits per heavy atom. The minimum Gasteiger partial charge on any atom is -0.550 e. The van der Waals surface area contributed by atoms with Crippen LogP contribution in [0.1, 0.15) is 25.7 Å². The fraction of sp³-hybridized carbons (Fsp3) is 0.500. The third-order valence-electron chi connectivity index (χ3n) is 1.09. The Balaban J connectivity index is -0.0000000594. The molecule has 100 valence electrons. The molecule has 0 aliphatic carbocycles. The van der Waals surface area contributed by atoms with Crippen molar-refractivity contribution in [1.82, 2.24) is 0 Å². The van der Waals surface area contributed by atoms with Crippen LogP contribution in [-0.4, -0.2) is 39.6 Å². The number of carbonyl (C=O) groups excluding carboxylic acids is 2. The van der Waals surface area contributed by atoms with Gasteiger partial charge >= 0.3 is 71.1 Å². The van der Waals surface area contributed by atoms with E-state index in [2.05, 4.69) is 0 Å². The molecular weight excluding hydrogens is 286 g/mol. The van der Waals surface area contributed by atoms with Gasteiger partial charge < -0.3 is 35.5 Å². The first-order valence-corrected chi connectivity index (χ1v) is 4.09. The Bertz CT molecular complexity index is 223. The average molecular weight is 298 g/mol. The van der Waals surface area contributed by atoms with E-state index in [4.69, 9.17) is 10.2 Å². The number of aliphatic carboxylic acids is 4. The third-order valence-corrected chi connectivity index (χ3v) is 1.09. The summed E-state index contributed by atoms with van der Waals surface area (Å²) in [6.45, 7) is 0. The van der Waals surface area contributed by atoms with E-state index in [0.29, 0.717) is 0 Å². The van der Waals surface area contributed by atoms with Gasteiger partial charge in [0.1, 0.15) is 0 Å². The topological polar surface area (TPSA) is 186 Å². The van der Waals surface area contributed by atoms with Gasteiger partial charge in [0, 0.05) is 11.9 Å². The first-order valence-electron chi connectivity index (χ1n) is 4.09. The van der Waals surface area contributed by atoms with Crippen LogP contribution in [0, 0.1) is 0 Å². The average Bonchev–Trinajstić information content (AvgIpc) is 2.12. The Labute approximate surface area is 152 Å². The van der Waals surface area contributed by atoms with Gasteiger partial charge in [0.15, 0.2) is 0 Å². The van der Waals surface area contributed by atoms with Crippen molar-refractivity contribution in [3.8, 4) is 0 Å². The van der Waals surface area contributed by atoms with E-state index in [1.165, 1.54) is 0 Å². The van der Waals surface area contributed by atoms with Crippen LogP contribution in [0.25, 0.3) is 0 Å². The van der Waals surface area contributed by atoms with Gasteiger partial charge in [0.05, 0.1) is 12.8 Å². The normalized spacial score (nSPS) is 7.16. The molecule has 0 aliphatic rings. The van der Waals surface area contributed by atoms with Gasteiger partial charge in [0.25, 0.3) is 0 Å². The maximum atomic E-state index is 9.64. The second-order valence-corrected chi connectivity index (χ2v) is 2.53. The summed E-state index contributed by atoms with van der Waals surface area (Å²) in [4.78, 5) is 38.3. The molecule has 0 fully saturated rings. The van der Waals surface area contributed by atoms with E-state index < -0.39 is 36.7 Å². The number of carboxylic acid groups (broad SMARTS) is 4. The standard InChI is InChI=1S/2C4H6O4.2Na.H2O/c2*5-3(6)1-2-4(7)8;;;/h2*1-2H2,(H,5,6)(H,7,8);;;1H2/q;;2*+1;/p-2. The van der Waals surface area contributed by atoms with Crippen LogP contribution in [0.5, 0.6) is 0 Å². The summed E-state index contributed by atoms with van der Waals surface area (Å²) in [6.07, 6.45) is -1.53. The zero-order chi connectivity index (χ0) is 13.1. The number of hydrogen-bond donors (Lipinski definition) is 2. The Morgan fingerprint density at radius 3 is 1.00 bits per heavy atom. The summed E-state index contributed by atoms with van der Waals surface area (Å²) >= 11 is 0. The molecule has 0 unspecified atom stereocenters. The van der Waals surface area contributed by atoms with Gasteiger partial charge in [0.2, 0.25) is 0 Å². The Morgan fingerprint density at radius 2 is 0.895 bits per heavy atom. The molecule has 0 bridgehead atoms. The van der Waals surface area contributed by atoms with E-state index in [0.717, 1.165) is 0 Å². The zero-order valence-corrected chi connectivity index (χ0v) is 14.7. The van der Waals surface area contributed by atoms with E-state index in [1.807, 2.05) is 0 Å². The van der Waals surface area contributed by atoms with Crippen LogP contribution in [-0.2, 0) is 19.2 Å². The maximum Gasteiger partial charge on any atom is 1.00 e. The first kappa shape index (κ1) is 31.3. The largest absolute Gasteiger partial charge is 1.00 e. The smallest absolute Gasteiger partial charge is 0.550 e. The number of hydrogen-bond acceptors (Lipinski definition) is 6. The summed E-state index contributed by atoms with van der Waals surface area (Å²) in [5, 5.41) is 34.8. The van der Waals surface area contributed by atoms with E-state index in [9.17, 15) is 29.4 Å². The molecule has 0 saturated heterocycles. The number of carboxylic acids is 4. The molecule has 19 heavy (non-hydrogen) atoms. The molecule has 0 aromatic rings. The molecule has 0 atom stereocenters. The molecule has 0 spiro atoms. The predicted octanol–water partition coefficient (Wildman–Crippen LogP) is -9.61. The van der Waals surface area contributed by atoms with Crippen LogP contribution < -0.4 is 69.3 Å². The van der Waals surface area contributed by atoms with Crippen molar-refractivity contribution in [3.05, 3.63) is 0 Å². The second-order valence-electron chi connectivity index (χ2n) is 2.53. The van der Waals surface area contributed by atoms with Gasteiger partial charge in [-0.1, -0.05) is 0 Å². The third kappa shape index (κ3) is 46.2. The zero-order valence-electron chi connectivity index (χ0n) is 10.7. The van der Waals surface area contributed by atoms with Crippen molar-refractivity contribution >= 4 is 23.9 Å². The van der Waals surface area contributed by atoms with Gasteiger partial charge in [-0.2, -0.15) is 0 Å². The summed E-state index contributed by atoms with van der Waals surface area (Å²) in [7, 11) is 0. The maximum absolute atomic E-state index is 9.64. The van der Waals surface area contributed by atoms with E-state index >= 15 is 0 Å². The fourth-order valence-electron chi connectivity index (χ4n) is 0.418. The molecule has 0 heterocycles. The van der Waals surface area contributed by atoms with Crippen LogP contribution in [0.4, 0.5) is 0 Å². The number of rotatable bonds is 6. The van der Waals surface area contributed by atoms with Crippen molar-refractivity contribution in [2.24, 2.45) is 0 Å². The van der Waals surface area contributed by atoms with Crippen molar-refractivity contribution < 1.29 is 104 Å². The van der Waals surface area contributed by atoms with Crippen molar-refractivity contribution in [3.63, 3.8) is 0 Å². The summed E-state index contributed by atoms with van der Waals surface area (Å²) in [6, 6.07) is 0. The van der Waals surface area contributed by atoms with E-state index in [1.54, 1.807) is 0 Å². The van der Waals surface area contributed by atoms with Gasteiger partial charge in [-0.05, 0) is 12.8 Å². The van der Waals surface area contributed by atoms with E-state index in [-0.39, 0.29) is 77.4 Å². The Kier molecular flexibility index (Phi) is 33.2. The molecule has 11 heteroatoms. The van der Waals surface area contributed by atoms with Crippen LogP contribution in [0.3, 0.4) is 0 Å². The molecule has 0 rings (SSSR count). The first-order chi connectivity index (χ1) is 7.25. The van der Waals surface area contributed by atoms with Gasteiger partial charge in [-0.3, -0.25) is 9.59 Å². The monoisotopic (exact) mass is 298 g/mol. The van der Waals surface area contributed by atoms with Gasteiger partial charge in [-0.15, -0.1) is 0 Å². The van der Waals surface area contributed by atoms with Crippen LogP contribution in [0.15, 0.2) is 0 Å². The molecule has 4 N–H and O–H groups in total. The van der Waals surface area contributed by atoms with Crippen molar-refractivity contribution in [1.29, 1.82) is 0 Å². The minimum absolute atomic E-state index is 0. The molecule has 9 nitrogen and oxygen atoms in total. The Hall–Kier alpha value is -0.160.